The zero-order valence-corrected chi connectivity index (χ0v) is 12.6. The highest BCUT2D eigenvalue weighted by Gasteiger charge is 2.17. The molecular weight excluding hydrogens is 252 g/mol. The Morgan fingerprint density at radius 2 is 2.30 bits per heavy atom. The lowest BCUT2D eigenvalue weighted by Gasteiger charge is -2.25. The Labute approximate surface area is 121 Å². The van der Waals surface area contributed by atoms with Gasteiger partial charge in [0.1, 0.15) is 11.9 Å². The second-order valence-electron chi connectivity index (χ2n) is 5.53. The molecule has 0 aromatic heterocycles. The topological polar surface area (TPSA) is 41.6 Å². The molecule has 4 heteroatoms. The monoisotopic (exact) mass is 276 g/mol. The minimum absolute atomic E-state index is 0.159. The number of ether oxygens (including phenoxy) is 1. The van der Waals surface area contributed by atoms with Gasteiger partial charge >= 0.3 is 0 Å². The smallest absolute Gasteiger partial charge is 0.176 e. The molecule has 0 amide bonds. The Bertz CT molecular complexity index is 474. The van der Waals surface area contributed by atoms with E-state index in [1.165, 1.54) is 0 Å². The van der Waals surface area contributed by atoms with Crippen LogP contribution in [-0.2, 0) is 0 Å². The molecule has 0 bridgehead atoms. The minimum atomic E-state index is 0.159. The third-order valence-electron chi connectivity index (χ3n) is 3.52. The number of fused-ring (bicyclic) bond motifs is 1. The van der Waals surface area contributed by atoms with E-state index in [2.05, 4.69) is 17.1 Å². The predicted molar refractivity (Wildman–Crippen MR) is 81.8 cm³/mol. The molecule has 1 aliphatic rings. The highest BCUT2D eigenvalue weighted by Crippen LogP contribution is 2.30. The lowest BCUT2D eigenvalue weighted by molar-refractivity contribution is 0.0945. The maximum atomic E-state index is 12.3. The average Bonchev–Trinajstić information content (AvgIpc) is 2.44. The molecule has 0 saturated carbocycles. The maximum Gasteiger partial charge on any atom is 0.176 e. The van der Waals surface area contributed by atoms with Gasteiger partial charge in [0.05, 0.1) is 18.8 Å². The van der Waals surface area contributed by atoms with Crippen molar-refractivity contribution in [1.29, 1.82) is 0 Å². The summed E-state index contributed by atoms with van der Waals surface area (Å²) < 4.78 is 5.72. The number of rotatable bonds is 6. The second-order valence-corrected chi connectivity index (χ2v) is 5.53. The van der Waals surface area contributed by atoms with Gasteiger partial charge < -0.3 is 10.1 Å². The Kier molecular flexibility index (Phi) is 5.01. The van der Waals surface area contributed by atoms with Gasteiger partial charge in [0.15, 0.2) is 5.78 Å². The van der Waals surface area contributed by atoms with Gasteiger partial charge in [0, 0.05) is 5.56 Å². The number of anilines is 1. The quantitative estimate of drug-likeness (QED) is 0.811. The largest absolute Gasteiger partial charge is 0.487 e. The average molecular weight is 276 g/mol. The summed E-state index contributed by atoms with van der Waals surface area (Å²) in [6, 6.07) is 5.64. The molecule has 110 valence electrons. The number of Topliss-reactive ketones (excluding diaryl/α,β-unsaturated/α-hetero) is 1. The summed E-state index contributed by atoms with van der Waals surface area (Å²) in [5.41, 5.74) is 1.67. The summed E-state index contributed by atoms with van der Waals surface area (Å²) in [6.07, 6.45) is 2.45. The molecule has 0 saturated heterocycles. The molecular formula is C16H24N2O2. The van der Waals surface area contributed by atoms with Crippen LogP contribution in [-0.4, -0.2) is 43.5 Å². The molecule has 0 aliphatic carbocycles. The first-order valence-electron chi connectivity index (χ1n) is 7.36. The van der Waals surface area contributed by atoms with Crippen LogP contribution in [0, 0.1) is 0 Å². The second kappa shape index (κ2) is 6.75. The van der Waals surface area contributed by atoms with Gasteiger partial charge in [-0.3, -0.25) is 9.69 Å². The van der Waals surface area contributed by atoms with Crippen molar-refractivity contribution in [2.45, 2.75) is 32.8 Å². The number of hydrogen-bond acceptors (Lipinski definition) is 4. The maximum absolute atomic E-state index is 12.3. The lowest BCUT2D eigenvalue weighted by Crippen LogP contribution is -2.29. The van der Waals surface area contributed by atoms with Gasteiger partial charge in [0.25, 0.3) is 0 Å². The van der Waals surface area contributed by atoms with Gasteiger partial charge in [-0.25, -0.2) is 0 Å². The van der Waals surface area contributed by atoms with Gasteiger partial charge in [-0.05, 0) is 45.1 Å². The van der Waals surface area contributed by atoms with Crippen molar-refractivity contribution < 1.29 is 9.53 Å². The molecule has 1 unspecified atom stereocenters. The van der Waals surface area contributed by atoms with E-state index in [0.717, 1.165) is 42.9 Å². The number of ketones is 1. The van der Waals surface area contributed by atoms with Crippen LogP contribution in [0.3, 0.4) is 0 Å². The summed E-state index contributed by atoms with van der Waals surface area (Å²) in [7, 11) is 2.00. The van der Waals surface area contributed by atoms with Gasteiger partial charge in [-0.15, -0.1) is 0 Å². The standard InChI is InChI=1S/C16H24N2O2/c1-4-5-8-18(3)11-15(19)13-6-7-16-14(9-13)17-10-12(2)20-16/h6-7,9,12,17H,4-5,8,10-11H2,1-3H3. The van der Waals surface area contributed by atoms with Crippen molar-refractivity contribution in [2.24, 2.45) is 0 Å². The first kappa shape index (κ1) is 14.9. The molecule has 1 heterocycles. The van der Waals surface area contributed by atoms with Crippen LogP contribution in [0.4, 0.5) is 5.69 Å². The molecule has 0 spiro atoms. The Morgan fingerprint density at radius 3 is 3.05 bits per heavy atom. The highest BCUT2D eigenvalue weighted by atomic mass is 16.5. The van der Waals surface area contributed by atoms with Crippen molar-refractivity contribution in [3.8, 4) is 5.75 Å². The van der Waals surface area contributed by atoms with E-state index in [4.69, 9.17) is 4.74 Å². The SMILES string of the molecule is CCCCN(C)CC(=O)c1ccc2c(c1)NCC(C)O2. The van der Waals surface area contributed by atoms with Gasteiger partial charge in [-0.2, -0.15) is 0 Å². The van der Waals surface area contributed by atoms with Crippen LogP contribution in [0.2, 0.25) is 0 Å². The van der Waals surface area contributed by atoms with E-state index in [9.17, 15) is 4.79 Å². The fourth-order valence-corrected chi connectivity index (χ4v) is 2.30. The predicted octanol–water partition coefficient (Wildman–Crippen LogP) is 2.79. The molecule has 0 radical (unpaired) electrons. The number of nitrogens with zero attached hydrogens (tertiary/aromatic N) is 1. The van der Waals surface area contributed by atoms with Crippen molar-refractivity contribution in [1.82, 2.24) is 4.90 Å². The van der Waals surface area contributed by atoms with Crippen LogP contribution in [0.25, 0.3) is 0 Å². The molecule has 2 rings (SSSR count). The van der Waals surface area contributed by atoms with E-state index in [0.29, 0.717) is 6.54 Å². The lowest BCUT2D eigenvalue weighted by atomic mass is 10.1. The molecule has 1 N–H and O–H groups in total. The fourth-order valence-electron chi connectivity index (χ4n) is 2.30. The van der Waals surface area contributed by atoms with E-state index in [-0.39, 0.29) is 11.9 Å². The van der Waals surface area contributed by atoms with Gasteiger partial charge in [-0.1, -0.05) is 13.3 Å². The summed E-state index contributed by atoms with van der Waals surface area (Å²) in [5, 5.41) is 3.30. The number of unbranched alkanes of at least 4 members (excludes halogenated alkanes) is 1. The van der Waals surface area contributed by atoms with Crippen molar-refractivity contribution in [3.63, 3.8) is 0 Å². The number of nitrogens with one attached hydrogen (secondary N) is 1. The molecule has 0 fully saturated rings. The fraction of sp³-hybridized carbons (Fsp3) is 0.562. The molecule has 4 nitrogen and oxygen atoms in total. The van der Waals surface area contributed by atoms with E-state index >= 15 is 0 Å². The number of benzene rings is 1. The molecule has 20 heavy (non-hydrogen) atoms. The van der Waals surface area contributed by atoms with E-state index in [1.54, 1.807) is 0 Å². The molecule has 1 atom stereocenters. The Balaban J connectivity index is 2.00. The normalized spacial score (nSPS) is 17.3. The summed E-state index contributed by atoms with van der Waals surface area (Å²) in [5.74, 6) is 0.992. The van der Waals surface area contributed by atoms with Crippen LogP contribution in [0.1, 0.15) is 37.0 Å². The van der Waals surface area contributed by atoms with Crippen LogP contribution >= 0.6 is 0 Å². The Morgan fingerprint density at radius 1 is 1.50 bits per heavy atom. The van der Waals surface area contributed by atoms with Crippen molar-refractivity contribution >= 4 is 11.5 Å². The first-order chi connectivity index (χ1) is 9.60. The van der Waals surface area contributed by atoms with Crippen LogP contribution in [0.5, 0.6) is 5.75 Å². The molecule has 1 aliphatic heterocycles. The summed E-state index contributed by atoms with van der Waals surface area (Å²) >= 11 is 0. The van der Waals surface area contributed by atoms with Crippen molar-refractivity contribution in [2.75, 3.05) is 32.0 Å². The number of carbonyl (C=O) groups excluding carboxylic acids is 1. The molecule has 1 aromatic rings. The third kappa shape index (κ3) is 3.73. The zero-order chi connectivity index (χ0) is 14.5. The highest BCUT2D eigenvalue weighted by molar-refractivity contribution is 5.98. The van der Waals surface area contributed by atoms with Gasteiger partial charge in [0.2, 0.25) is 0 Å². The van der Waals surface area contributed by atoms with E-state index in [1.807, 2.05) is 32.2 Å². The zero-order valence-electron chi connectivity index (χ0n) is 12.6. The van der Waals surface area contributed by atoms with Crippen LogP contribution in [0.15, 0.2) is 18.2 Å². The Hall–Kier alpha value is -1.55. The first-order valence-corrected chi connectivity index (χ1v) is 7.36. The number of likely N-dealkylation sites (N-methyl/N-ethyl adjacent to an activating group) is 1. The van der Waals surface area contributed by atoms with Crippen molar-refractivity contribution in [3.05, 3.63) is 23.8 Å². The molecule has 1 aromatic carbocycles. The van der Waals surface area contributed by atoms with E-state index < -0.39 is 0 Å². The number of carbonyl (C=O) groups is 1. The number of hydrogen-bond donors (Lipinski definition) is 1. The van der Waals surface area contributed by atoms with Crippen LogP contribution < -0.4 is 10.1 Å². The summed E-state index contributed by atoms with van der Waals surface area (Å²) in [6.45, 7) is 6.40. The minimum Gasteiger partial charge on any atom is -0.487 e. The summed E-state index contributed by atoms with van der Waals surface area (Å²) in [4.78, 5) is 14.3. The third-order valence-corrected chi connectivity index (χ3v) is 3.52.